The Bertz CT molecular complexity index is 588. The van der Waals surface area contributed by atoms with Crippen LogP contribution in [0.15, 0.2) is 36.9 Å². The first-order valence-corrected chi connectivity index (χ1v) is 7.41. The van der Waals surface area contributed by atoms with Crippen LogP contribution in [0, 0.1) is 5.92 Å². The number of rotatable bonds is 6. The van der Waals surface area contributed by atoms with Crippen LogP contribution in [0.3, 0.4) is 0 Å². The van der Waals surface area contributed by atoms with Crippen molar-refractivity contribution in [1.82, 2.24) is 0 Å². The minimum absolute atomic E-state index is 0.0727. The molecule has 1 amide bonds. The number of hydrogen-bond donors (Lipinski definition) is 1. The largest absolute Gasteiger partial charge is 0.454 e. The van der Waals surface area contributed by atoms with Gasteiger partial charge in [0.1, 0.15) is 0 Å². The first-order chi connectivity index (χ1) is 11.1. The van der Waals surface area contributed by atoms with E-state index >= 15 is 0 Å². The molecule has 1 aromatic carbocycles. The molecule has 1 aliphatic rings. The number of Topliss-reactive ketones (excluding diaryl/α,β-unsaturated/α-hetero) is 1. The second kappa shape index (κ2) is 8.24. The van der Waals surface area contributed by atoms with Crippen LogP contribution < -0.4 is 5.32 Å². The van der Waals surface area contributed by atoms with Gasteiger partial charge in [-0.3, -0.25) is 9.59 Å². The molecule has 23 heavy (non-hydrogen) atoms. The average molecular weight is 317 g/mol. The standard InChI is InChI=1S/C17H19NO5/c1-2-16(20)18-14-5-3-13(4-6-14)17(21)23-11-15(19)12-7-9-22-10-8-12/h2-6,12H,1,7-11H2,(H,18,20). The summed E-state index contributed by atoms with van der Waals surface area (Å²) in [5.41, 5.74) is 0.867. The number of hydrogen-bond acceptors (Lipinski definition) is 5. The van der Waals surface area contributed by atoms with E-state index in [9.17, 15) is 14.4 Å². The summed E-state index contributed by atoms with van der Waals surface area (Å²) in [4.78, 5) is 35.0. The Morgan fingerprint density at radius 1 is 1.22 bits per heavy atom. The van der Waals surface area contributed by atoms with Crippen LogP contribution in [-0.2, 0) is 19.1 Å². The van der Waals surface area contributed by atoms with Crippen LogP contribution in [0.5, 0.6) is 0 Å². The van der Waals surface area contributed by atoms with Crippen LogP contribution in [0.25, 0.3) is 0 Å². The summed E-state index contributed by atoms with van der Waals surface area (Å²) in [6.07, 6.45) is 2.51. The molecule has 1 saturated heterocycles. The third-order valence-corrected chi connectivity index (χ3v) is 3.60. The van der Waals surface area contributed by atoms with E-state index in [2.05, 4.69) is 11.9 Å². The zero-order valence-corrected chi connectivity index (χ0v) is 12.7. The minimum Gasteiger partial charge on any atom is -0.454 e. The molecule has 1 aliphatic heterocycles. The lowest BCUT2D eigenvalue weighted by molar-refractivity contribution is -0.128. The van der Waals surface area contributed by atoms with Crippen molar-refractivity contribution >= 4 is 23.3 Å². The predicted octanol–water partition coefficient (Wildman–Crippen LogP) is 1.96. The van der Waals surface area contributed by atoms with E-state index in [-0.39, 0.29) is 24.2 Å². The molecule has 0 saturated carbocycles. The number of carbonyl (C=O) groups excluding carboxylic acids is 3. The maximum Gasteiger partial charge on any atom is 0.338 e. The van der Waals surface area contributed by atoms with Gasteiger partial charge in [-0.05, 0) is 43.2 Å². The van der Waals surface area contributed by atoms with E-state index in [0.29, 0.717) is 37.3 Å². The van der Waals surface area contributed by atoms with Crippen LogP contribution in [0.2, 0.25) is 0 Å². The van der Waals surface area contributed by atoms with Gasteiger partial charge in [-0.15, -0.1) is 0 Å². The monoisotopic (exact) mass is 317 g/mol. The summed E-state index contributed by atoms with van der Waals surface area (Å²) in [5, 5.41) is 2.58. The Morgan fingerprint density at radius 2 is 1.87 bits per heavy atom. The van der Waals surface area contributed by atoms with Gasteiger partial charge in [0.2, 0.25) is 5.91 Å². The van der Waals surface area contributed by atoms with E-state index in [1.54, 1.807) is 12.1 Å². The Hall–Kier alpha value is -2.47. The highest BCUT2D eigenvalue weighted by Crippen LogP contribution is 2.16. The van der Waals surface area contributed by atoms with E-state index in [4.69, 9.17) is 9.47 Å². The van der Waals surface area contributed by atoms with Gasteiger partial charge in [-0.25, -0.2) is 4.79 Å². The Morgan fingerprint density at radius 3 is 2.48 bits per heavy atom. The van der Waals surface area contributed by atoms with Crippen molar-refractivity contribution in [2.75, 3.05) is 25.1 Å². The van der Waals surface area contributed by atoms with Crippen molar-refractivity contribution in [3.05, 3.63) is 42.5 Å². The first-order valence-electron chi connectivity index (χ1n) is 7.41. The molecule has 1 fully saturated rings. The van der Waals surface area contributed by atoms with Gasteiger partial charge in [0, 0.05) is 24.8 Å². The van der Waals surface area contributed by atoms with Crippen LogP contribution in [0.1, 0.15) is 23.2 Å². The fourth-order valence-corrected chi connectivity index (χ4v) is 2.24. The number of carbonyl (C=O) groups is 3. The highest BCUT2D eigenvalue weighted by Gasteiger charge is 2.22. The maximum absolute atomic E-state index is 12.0. The van der Waals surface area contributed by atoms with Crippen LogP contribution in [0.4, 0.5) is 5.69 Å². The number of ketones is 1. The molecule has 6 heteroatoms. The highest BCUT2D eigenvalue weighted by atomic mass is 16.5. The molecule has 0 unspecified atom stereocenters. The van der Waals surface area contributed by atoms with Crippen molar-refractivity contribution in [3.63, 3.8) is 0 Å². The van der Waals surface area contributed by atoms with Gasteiger partial charge in [-0.2, -0.15) is 0 Å². The number of esters is 1. The molecular weight excluding hydrogens is 298 g/mol. The van der Waals surface area contributed by atoms with E-state index in [0.717, 1.165) is 6.08 Å². The van der Waals surface area contributed by atoms with Crippen molar-refractivity contribution in [2.24, 2.45) is 5.92 Å². The number of benzene rings is 1. The maximum atomic E-state index is 12.0. The summed E-state index contributed by atoms with van der Waals surface area (Å²) >= 11 is 0. The number of ether oxygens (including phenoxy) is 2. The molecule has 1 heterocycles. The highest BCUT2D eigenvalue weighted by molar-refractivity contribution is 5.99. The van der Waals surface area contributed by atoms with E-state index in [1.165, 1.54) is 12.1 Å². The van der Waals surface area contributed by atoms with Crippen molar-refractivity contribution < 1.29 is 23.9 Å². The summed E-state index contributed by atoms with van der Waals surface area (Å²) in [6, 6.07) is 6.22. The lowest BCUT2D eigenvalue weighted by atomic mass is 9.96. The molecule has 1 N–H and O–H groups in total. The average Bonchev–Trinajstić information content (AvgIpc) is 2.60. The fraction of sp³-hybridized carbons (Fsp3) is 0.353. The Labute approximate surface area is 134 Å². The molecule has 0 aliphatic carbocycles. The van der Waals surface area contributed by atoms with Gasteiger partial charge >= 0.3 is 5.97 Å². The SMILES string of the molecule is C=CC(=O)Nc1ccc(C(=O)OCC(=O)C2CCOCC2)cc1. The summed E-state index contributed by atoms with van der Waals surface area (Å²) in [5.74, 6) is -1.06. The normalized spacial score (nSPS) is 14.8. The molecule has 2 rings (SSSR count). The molecular formula is C17H19NO5. The van der Waals surface area contributed by atoms with Crippen molar-refractivity contribution in [2.45, 2.75) is 12.8 Å². The molecule has 0 radical (unpaired) electrons. The quantitative estimate of drug-likeness (QED) is 0.641. The zero-order valence-electron chi connectivity index (χ0n) is 12.7. The zero-order chi connectivity index (χ0) is 16.7. The molecule has 6 nitrogen and oxygen atoms in total. The third kappa shape index (κ3) is 5.03. The second-order valence-corrected chi connectivity index (χ2v) is 5.20. The molecule has 0 aromatic heterocycles. The molecule has 1 aromatic rings. The number of nitrogens with one attached hydrogen (secondary N) is 1. The number of amides is 1. The Balaban J connectivity index is 1.84. The lowest BCUT2D eigenvalue weighted by Gasteiger charge is -2.20. The third-order valence-electron chi connectivity index (χ3n) is 3.60. The molecule has 0 atom stereocenters. The van der Waals surface area contributed by atoms with E-state index < -0.39 is 5.97 Å². The van der Waals surface area contributed by atoms with Crippen LogP contribution in [-0.4, -0.2) is 37.5 Å². The van der Waals surface area contributed by atoms with Gasteiger partial charge < -0.3 is 14.8 Å². The minimum atomic E-state index is -0.563. The topological polar surface area (TPSA) is 81.7 Å². The van der Waals surface area contributed by atoms with Gasteiger partial charge in [0.25, 0.3) is 0 Å². The van der Waals surface area contributed by atoms with Gasteiger partial charge in [-0.1, -0.05) is 6.58 Å². The van der Waals surface area contributed by atoms with Gasteiger partial charge in [0.05, 0.1) is 5.56 Å². The summed E-state index contributed by atoms with van der Waals surface area (Å²) < 4.78 is 10.2. The van der Waals surface area contributed by atoms with E-state index in [1.807, 2.05) is 0 Å². The first kappa shape index (κ1) is 16.9. The summed E-state index contributed by atoms with van der Waals surface area (Å²) in [7, 11) is 0. The molecule has 0 bridgehead atoms. The van der Waals surface area contributed by atoms with Crippen molar-refractivity contribution in [3.8, 4) is 0 Å². The summed E-state index contributed by atoms with van der Waals surface area (Å²) in [6.45, 7) is 4.28. The smallest absolute Gasteiger partial charge is 0.338 e. The van der Waals surface area contributed by atoms with Crippen LogP contribution >= 0.6 is 0 Å². The molecule has 0 spiro atoms. The second-order valence-electron chi connectivity index (χ2n) is 5.20. The van der Waals surface area contributed by atoms with Crippen molar-refractivity contribution in [1.29, 1.82) is 0 Å². The number of anilines is 1. The molecule has 122 valence electrons. The lowest BCUT2D eigenvalue weighted by Crippen LogP contribution is -2.27. The van der Waals surface area contributed by atoms with Gasteiger partial charge in [0.15, 0.2) is 12.4 Å². The Kier molecular flexibility index (Phi) is 6.05. The fourth-order valence-electron chi connectivity index (χ4n) is 2.24. The predicted molar refractivity (Wildman–Crippen MR) is 84.1 cm³/mol.